The van der Waals surface area contributed by atoms with Gasteiger partial charge in [0.1, 0.15) is 5.82 Å². The summed E-state index contributed by atoms with van der Waals surface area (Å²) in [5, 5.41) is 0. The van der Waals surface area contributed by atoms with Crippen molar-refractivity contribution in [1.82, 2.24) is 4.90 Å². The molecule has 2 N–H and O–H groups in total. The van der Waals surface area contributed by atoms with Crippen LogP contribution < -0.4 is 5.73 Å². The van der Waals surface area contributed by atoms with Crippen molar-refractivity contribution in [2.24, 2.45) is 5.73 Å². The summed E-state index contributed by atoms with van der Waals surface area (Å²) in [7, 11) is 0. The van der Waals surface area contributed by atoms with E-state index in [0.29, 0.717) is 5.56 Å². The summed E-state index contributed by atoms with van der Waals surface area (Å²) in [6.07, 6.45) is 5.40. The van der Waals surface area contributed by atoms with Gasteiger partial charge in [0.05, 0.1) is 5.54 Å². The molecule has 0 aliphatic carbocycles. The fourth-order valence-electron chi connectivity index (χ4n) is 3.33. The Hall–Kier alpha value is -0.930. The van der Waals surface area contributed by atoms with E-state index in [9.17, 15) is 4.39 Å². The summed E-state index contributed by atoms with van der Waals surface area (Å²) in [6, 6.07) is 7.19. The van der Waals surface area contributed by atoms with Crippen LogP contribution in [-0.2, 0) is 5.54 Å². The first-order valence-corrected chi connectivity index (χ1v) is 7.87. The summed E-state index contributed by atoms with van der Waals surface area (Å²) in [6.45, 7) is 6.48. The topological polar surface area (TPSA) is 29.3 Å². The third-order valence-electron chi connectivity index (χ3n) is 4.75. The number of likely N-dealkylation sites (tertiary alicyclic amines) is 1. The number of rotatable bonds is 6. The van der Waals surface area contributed by atoms with Crippen molar-refractivity contribution in [3.63, 3.8) is 0 Å². The van der Waals surface area contributed by atoms with Gasteiger partial charge in [0.2, 0.25) is 0 Å². The maximum absolute atomic E-state index is 14.3. The summed E-state index contributed by atoms with van der Waals surface area (Å²) in [5.74, 6) is -0.169. The van der Waals surface area contributed by atoms with Gasteiger partial charge in [-0.3, -0.25) is 4.90 Å². The SMILES string of the molecule is CCCCC(N)(c1ccccc1F)C(C)N1CCCC1. The third kappa shape index (κ3) is 3.04. The van der Waals surface area contributed by atoms with E-state index >= 15 is 0 Å². The highest BCUT2D eigenvalue weighted by molar-refractivity contribution is 5.28. The predicted octanol–water partition coefficient (Wildman–Crippen LogP) is 3.65. The lowest BCUT2D eigenvalue weighted by atomic mass is 9.79. The van der Waals surface area contributed by atoms with Crippen molar-refractivity contribution in [3.8, 4) is 0 Å². The van der Waals surface area contributed by atoms with Crippen molar-refractivity contribution in [2.75, 3.05) is 13.1 Å². The Bertz CT molecular complexity index is 429. The Balaban J connectivity index is 2.31. The summed E-state index contributed by atoms with van der Waals surface area (Å²) in [5.41, 5.74) is 6.83. The first kappa shape index (κ1) is 15.5. The van der Waals surface area contributed by atoms with Crippen molar-refractivity contribution in [2.45, 2.75) is 57.5 Å². The van der Waals surface area contributed by atoms with E-state index in [2.05, 4.69) is 18.7 Å². The maximum Gasteiger partial charge on any atom is 0.128 e. The van der Waals surface area contributed by atoms with Gasteiger partial charge >= 0.3 is 0 Å². The minimum atomic E-state index is -0.592. The molecule has 0 aromatic heterocycles. The molecule has 1 aromatic rings. The quantitative estimate of drug-likeness (QED) is 0.860. The Labute approximate surface area is 122 Å². The molecule has 0 radical (unpaired) electrons. The number of benzene rings is 1. The molecule has 1 saturated heterocycles. The van der Waals surface area contributed by atoms with Crippen molar-refractivity contribution in [1.29, 1.82) is 0 Å². The monoisotopic (exact) mass is 278 g/mol. The normalized spacial score (nSPS) is 20.8. The van der Waals surface area contributed by atoms with Crippen LogP contribution in [-0.4, -0.2) is 24.0 Å². The minimum absolute atomic E-state index is 0.169. The minimum Gasteiger partial charge on any atom is -0.320 e. The largest absolute Gasteiger partial charge is 0.320 e. The van der Waals surface area contributed by atoms with Crippen LogP contribution in [0.4, 0.5) is 4.39 Å². The molecule has 0 bridgehead atoms. The van der Waals surface area contributed by atoms with Gasteiger partial charge in [-0.25, -0.2) is 4.39 Å². The summed E-state index contributed by atoms with van der Waals surface area (Å²) < 4.78 is 14.3. The van der Waals surface area contributed by atoms with E-state index in [0.717, 1.165) is 32.4 Å². The zero-order valence-electron chi connectivity index (χ0n) is 12.7. The van der Waals surface area contributed by atoms with Crippen LogP contribution in [0.3, 0.4) is 0 Å². The third-order valence-corrected chi connectivity index (χ3v) is 4.75. The van der Waals surface area contributed by atoms with Gasteiger partial charge in [-0.15, -0.1) is 0 Å². The van der Waals surface area contributed by atoms with Gasteiger partial charge in [-0.2, -0.15) is 0 Å². The molecule has 2 rings (SSSR count). The number of nitrogens with zero attached hydrogens (tertiary/aromatic N) is 1. The lowest BCUT2D eigenvalue weighted by Crippen LogP contribution is -2.54. The van der Waals surface area contributed by atoms with Gasteiger partial charge in [0, 0.05) is 11.6 Å². The molecule has 3 heteroatoms. The van der Waals surface area contributed by atoms with Crippen molar-refractivity contribution in [3.05, 3.63) is 35.6 Å². The molecule has 0 amide bonds. The number of nitrogens with two attached hydrogens (primary N) is 1. The molecular weight excluding hydrogens is 251 g/mol. The fourth-order valence-corrected chi connectivity index (χ4v) is 3.33. The van der Waals surface area contributed by atoms with Gasteiger partial charge < -0.3 is 5.73 Å². The van der Waals surface area contributed by atoms with E-state index in [1.807, 2.05) is 12.1 Å². The molecule has 20 heavy (non-hydrogen) atoms. The van der Waals surface area contributed by atoms with Gasteiger partial charge in [-0.05, 0) is 45.3 Å². The van der Waals surface area contributed by atoms with E-state index in [4.69, 9.17) is 5.73 Å². The molecule has 1 aliphatic rings. The maximum atomic E-state index is 14.3. The molecule has 2 atom stereocenters. The number of hydrogen-bond donors (Lipinski definition) is 1. The van der Waals surface area contributed by atoms with E-state index in [-0.39, 0.29) is 11.9 Å². The standard InChI is InChI=1S/C17H27FN2/c1-3-4-11-17(19,14(2)20-12-7-8-13-20)15-9-5-6-10-16(15)18/h5-6,9-10,14H,3-4,7-8,11-13,19H2,1-2H3. The van der Waals surface area contributed by atoms with Gasteiger partial charge in [0.15, 0.2) is 0 Å². The second kappa shape index (κ2) is 6.68. The summed E-state index contributed by atoms with van der Waals surface area (Å²) in [4.78, 5) is 2.42. The average molecular weight is 278 g/mol. The number of hydrogen-bond acceptors (Lipinski definition) is 2. The Morgan fingerprint density at radius 1 is 1.30 bits per heavy atom. The highest BCUT2D eigenvalue weighted by atomic mass is 19.1. The van der Waals surface area contributed by atoms with E-state index < -0.39 is 5.54 Å². The Morgan fingerprint density at radius 3 is 2.55 bits per heavy atom. The lowest BCUT2D eigenvalue weighted by Gasteiger charge is -2.41. The smallest absolute Gasteiger partial charge is 0.128 e. The Morgan fingerprint density at radius 2 is 1.95 bits per heavy atom. The number of unbranched alkanes of at least 4 members (excludes halogenated alkanes) is 1. The highest BCUT2D eigenvalue weighted by Gasteiger charge is 2.39. The molecule has 1 aromatic carbocycles. The molecule has 112 valence electrons. The average Bonchev–Trinajstić information content (AvgIpc) is 2.98. The lowest BCUT2D eigenvalue weighted by molar-refractivity contribution is 0.146. The Kier molecular flexibility index (Phi) is 5.17. The molecule has 1 fully saturated rings. The second-order valence-corrected chi connectivity index (χ2v) is 6.04. The molecule has 0 saturated carbocycles. The first-order chi connectivity index (χ1) is 9.59. The van der Waals surface area contributed by atoms with Gasteiger partial charge in [-0.1, -0.05) is 38.0 Å². The molecule has 2 unspecified atom stereocenters. The van der Waals surface area contributed by atoms with Crippen molar-refractivity contribution >= 4 is 0 Å². The molecule has 2 nitrogen and oxygen atoms in total. The first-order valence-electron chi connectivity index (χ1n) is 7.87. The van der Waals surface area contributed by atoms with Gasteiger partial charge in [0.25, 0.3) is 0 Å². The van der Waals surface area contributed by atoms with Crippen LogP contribution in [0.1, 0.15) is 51.5 Å². The zero-order chi connectivity index (χ0) is 14.6. The zero-order valence-corrected chi connectivity index (χ0v) is 12.7. The fraction of sp³-hybridized carbons (Fsp3) is 0.647. The van der Waals surface area contributed by atoms with Crippen LogP contribution in [0.15, 0.2) is 24.3 Å². The van der Waals surface area contributed by atoms with E-state index in [1.165, 1.54) is 18.9 Å². The van der Waals surface area contributed by atoms with Crippen LogP contribution in [0.2, 0.25) is 0 Å². The molecular formula is C17H27FN2. The molecule has 1 heterocycles. The summed E-state index contributed by atoms with van der Waals surface area (Å²) >= 11 is 0. The second-order valence-electron chi connectivity index (χ2n) is 6.04. The van der Waals surface area contributed by atoms with Crippen LogP contribution in [0.25, 0.3) is 0 Å². The predicted molar refractivity (Wildman–Crippen MR) is 82.1 cm³/mol. The van der Waals surface area contributed by atoms with Crippen molar-refractivity contribution < 1.29 is 4.39 Å². The number of halogens is 1. The molecule has 0 spiro atoms. The highest BCUT2D eigenvalue weighted by Crippen LogP contribution is 2.34. The van der Waals surface area contributed by atoms with Crippen LogP contribution in [0, 0.1) is 5.82 Å². The van der Waals surface area contributed by atoms with Crippen LogP contribution >= 0.6 is 0 Å². The molecule has 1 aliphatic heterocycles. The van der Waals surface area contributed by atoms with Crippen LogP contribution in [0.5, 0.6) is 0 Å². The van der Waals surface area contributed by atoms with E-state index in [1.54, 1.807) is 6.07 Å².